The Morgan fingerprint density at radius 1 is 1.18 bits per heavy atom. The highest BCUT2D eigenvalue weighted by atomic mass is 16.2. The van der Waals surface area contributed by atoms with E-state index in [-0.39, 0.29) is 17.0 Å². The number of hydrogen-bond acceptors (Lipinski definition) is 5. The topological polar surface area (TPSA) is 86.6 Å². The molecule has 3 heterocycles. The fraction of sp³-hybridized carbons (Fsp3) is 0.700. The number of likely N-dealkylation sites (N-methyl/N-ethyl adjacent to an activating group) is 1. The van der Waals surface area contributed by atoms with E-state index >= 15 is 0 Å². The number of piperidine rings is 1. The first kappa shape index (κ1) is 19.1. The Hall–Kier alpha value is -2.22. The first-order valence-corrected chi connectivity index (χ1v) is 10.5. The zero-order chi connectivity index (χ0) is 19.7. The van der Waals surface area contributed by atoms with Crippen LogP contribution in [0.2, 0.25) is 0 Å². The summed E-state index contributed by atoms with van der Waals surface area (Å²) < 4.78 is 1.25. The van der Waals surface area contributed by atoms with Gasteiger partial charge in [-0.25, -0.2) is 4.98 Å². The fourth-order valence-corrected chi connectivity index (χ4v) is 4.98. The van der Waals surface area contributed by atoms with Gasteiger partial charge < -0.3 is 4.90 Å². The fourth-order valence-electron chi connectivity index (χ4n) is 4.98. The van der Waals surface area contributed by atoms with Crippen LogP contribution >= 0.6 is 0 Å². The van der Waals surface area contributed by atoms with E-state index in [2.05, 4.69) is 20.0 Å². The molecule has 1 aliphatic carbocycles. The van der Waals surface area contributed by atoms with Gasteiger partial charge in [0.15, 0.2) is 0 Å². The third kappa shape index (κ3) is 3.45. The third-order valence-corrected chi connectivity index (χ3v) is 6.40. The smallest absolute Gasteiger partial charge is 0.286 e. The molecule has 1 saturated carbocycles. The summed E-state index contributed by atoms with van der Waals surface area (Å²) >= 11 is 0. The van der Waals surface area contributed by atoms with Crippen LogP contribution in [0.1, 0.15) is 67.5 Å². The second-order valence-corrected chi connectivity index (χ2v) is 8.42. The van der Waals surface area contributed by atoms with Crippen LogP contribution in [0.15, 0.2) is 11.0 Å². The number of likely N-dealkylation sites (tertiary alicyclic amines) is 1. The minimum atomic E-state index is -0.391. The molecule has 0 spiro atoms. The number of carbonyl (C=O) groups excluding carboxylic acids is 1. The van der Waals surface area contributed by atoms with Gasteiger partial charge in [0.1, 0.15) is 11.4 Å². The Labute approximate surface area is 164 Å². The van der Waals surface area contributed by atoms with Crippen LogP contribution in [0.4, 0.5) is 0 Å². The summed E-state index contributed by atoms with van der Waals surface area (Å²) in [5, 5.41) is 2.85. The van der Waals surface area contributed by atoms with Crippen molar-refractivity contribution in [1.29, 1.82) is 0 Å². The van der Waals surface area contributed by atoms with Crippen molar-refractivity contribution in [3.05, 3.63) is 27.9 Å². The molecule has 0 atom stereocenters. The van der Waals surface area contributed by atoms with Crippen molar-refractivity contribution in [3.63, 3.8) is 0 Å². The lowest BCUT2D eigenvalue weighted by Gasteiger charge is -2.49. The molecule has 0 aromatic carbocycles. The molecule has 2 aromatic heterocycles. The molecule has 28 heavy (non-hydrogen) atoms. The van der Waals surface area contributed by atoms with Crippen LogP contribution < -0.4 is 5.56 Å². The van der Waals surface area contributed by atoms with Crippen LogP contribution in [-0.2, 0) is 0 Å². The predicted molar refractivity (Wildman–Crippen MR) is 107 cm³/mol. The number of hydrogen-bond donors (Lipinski definition) is 1. The molecule has 2 fully saturated rings. The van der Waals surface area contributed by atoms with Crippen molar-refractivity contribution in [2.45, 2.75) is 63.8 Å². The van der Waals surface area contributed by atoms with Crippen LogP contribution in [0.5, 0.6) is 0 Å². The van der Waals surface area contributed by atoms with Crippen molar-refractivity contribution in [3.8, 4) is 0 Å². The van der Waals surface area contributed by atoms with Gasteiger partial charge in [0.25, 0.3) is 17.2 Å². The normalized spacial score (nSPS) is 20.4. The summed E-state index contributed by atoms with van der Waals surface area (Å²) in [5.74, 6) is 0.619. The van der Waals surface area contributed by atoms with E-state index < -0.39 is 5.56 Å². The standard InChI is InChI=1S/C20H30N6O2/c1-15-22-19-21-13-16(18(28)26(19)23-15)17(27)24(2)14-20(9-5-3-6-10-20)25-11-7-4-8-12-25/h13H,3-12,14H2,1-2H3,(H,21,22,23). The second kappa shape index (κ2) is 7.66. The Morgan fingerprint density at radius 3 is 2.57 bits per heavy atom. The molecule has 0 unspecified atom stereocenters. The van der Waals surface area contributed by atoms with Crippen molar-refractivity contribution in [1.82, 2.24) is 29.4 Å². The molecule has 8 nitrogen and oxygen atoms in total. The molecule has 0 bridgehead atoms. The Bertz CT molecular complexity index is 905. The lowest BCUT2D eigenvalue weighted by atomic mass is 9.78. The van der Waals surface area contributed by atoms with Crippen LogP contribution in [0.25, 0.3) is 5.78 Å². The first-order chi connectivity index (χ1) is 13.5. The highest BCUT2D eigenvalue weighted by Gasteiger charge is 2.40. The van der Waals surface area contributed by atoms with Gasteiger partial charge in [-0.15, -0.1) is 0 Å². The number of fused-ring (bicyclic) bond motifs is 1. The summed E-state index contributed by atoms with van der Waals surface area (Å²) in [4.78, 5) is 38.6. The second-order valence-electron chi connectivity index (χ2n) is 8.42. The van der Waals surface area contributed by atoms with Crippen LogP contribution in [0.3, 0.4) is 0 Å². The summed E-state index contributed by atoms with van der Waals surface area (Å²) in [6.45, 7) is 4.65. The minimum Gasteiger partial charge on any atom is -0.340 e. The molecule has 8 heteroatoms. The van der Waals surface area contributed by atoms with E-state index in [9.17, 15) is 9.59 Å². The van der Waals surface area contributed by atoms with Crippen molar-refractivity contribution in [2.75, 3.05) is 26.7 Å². The van der Waals surface area contributed by atoms with Gasteiger partial charge in [-0.05, 0) is 45.7 Å². The molecule has 1 amide bonds. The molecule has 1 N–H and O–H groups in total. The van der Waals surface area contributed by atoms with Crippen LogP contribution in [0, 0.1) is 6.92 Å². The quantitative estimate of drug-likeness (QED) is 0.868. The molecule has 0 radical (unpaired) electrons. The molecular weight excluding hydrogens is 356 g/mol. The van der Waals surface area contributed by atoms with Gasteiger partial charge in [0.05, 0.1) is 0 Å². The maximum atomic E-state index is 13.1. The van der Waals surface area contributed by atoms with E-state index in [0.29, 0.717) is 18.1 Å². The highest BCUT2D eigenvalue weighted by Crippen LogP contribution is 2.36. The van der Waals surface area contributed by atoms with Gasteiger partial charge in [0.2, 0.25) is 0 Å². The summed E-state index contributed by atoms with van der Waals surface area (Å²) in [5.41, 5.74) is -0.257. The lowest BCUT2D eigenvalue weighted by Crippen LogP contribution is -2.58. The van der Waals surface area contributed by atoms with E-state index in [1.807, 2.05) is 7.05 Å². The molecular formula is C20H30N6O2. The zero-order valence-electron chi connectivity index (χ0n) is 16.9. The number of carbonyl (C=O) groups is 1. The van der Waals surface area contributed by atoms with Gasteiger partial charge in [0, 0.05) is 25.3 Å². The maximum Gasteiger partial charge on any atom is 0.286 e. The Kier molecular flexibility index (Phi) is 5.23. The van der Waals surface area contributed by atoms with Gasteiger partial charge >= 0.3 is 0 Å². The molecule has 2 aliphatic rings. The summed E-state index contributed by atoms with van der Waals surface area (Å²) in [6, 6.07) is 0. The molecule has 152 valence electrons. The van der Waals surface area contributed by atoms with Crippen molar-refractivity contribution in [2.24, 2.45) is 0 Å². The number of aromatic amines is 1. The zero-order valence-corrected chi connectivity index (χ0v) is 16.9. The molecule has 4 rings (SSSR count). The van der Waals surface area contributed by atoms with Gasteiger partial charge in [-0.1, -0.05) is 25.7 Å². The average molecular weight is 387 g/mol. The number of nitrogens with one attached hydrogen (secondary N) is 1. The van der Waals surface area contributed by atoms with Gasteiger partial charge in [-0.2, -0.15) is 9.50 Å². The Morgan fingerprint density at radius 2 is 1.86 bits per heavy atom. The van der Waals surface area contributed by atoms with Crippen molar-refractivity contribution < 1.29 is 4.79 Å². The van der Waals surface area contributed by atoms with Gasteiger partial charge in [-0.3, -0.25) is 19.6 Å². The largest absolute Gasteiger partial charge is 0.340 e. The molecule has 2 aromatic rings. The summed E-state index contributed by atoms with van der Waals surface area (Å²) in [7, 11) is 1.81. The van der Waals surface area contributed by atoms with E-state index in [4.69, 9.17) is 0 Å². The third-order valence-electron chi connectivity index (χ3n) is 6.40. The number of aromatic nitrogens is 4. The van der Waals surface area contributed by atoms with E-state index in [1.165, 1.54) is 49.2 Å². The maximum absolute atomic E-state index is 13.1. The molecule has 1 saturated heterocycles. The average Bonchev–Trinajstić information content (AvgIpc) is 3.10. The lowest BCUT2D eigenvalue weighted by molar-refractivity contribution is 0.00983. The number of H-pyrrole nitrogens is 1. The number of rotatable bonds is 4. The molecule has 1 aliphatic heterocycles. The van der Waals surface area contributed by atoms with Crippen LogP contribution in [-0.4, -0.2) is 67.5 Å². The number of nitrogens with zero attached hydrogens (tertiary/aromatic N) is 5. The minimum absolute atomic E-state index is 0.0430. The Balaban J connectivity index is 1.59. The van der Waals surface area contributed by atoms with E-state index in [1.54, 1.807) is 11.8 Å². The highest BCUT2D eigenvalue weighted by molar-refractivity contribution is 5.93. The summed E-state index contributed by atoms with van der Waals surface area (Å²) in [6.07, 6.45) is 11.1. The monoisotopic (exact) mass is 386 g/mol. The SMILES string of the molecule is Cc1nc2ncc(C(=O)N(C)CC3(N4CCCCC4)CCCCC3)c(=O)n2[nH]1. The predicted octanol–water partition coefficient (Wildman–Crippen LogP) is 1.99. The number of aryl methyl sites for hydroxylation is 1. The number of amides is 1. The van der Waals surface area contributed by atoms with Crippen molar-refractivity contribution >= 4 is 11.7 Å². The van der Waals surface area contributed by atoms with E-state index in [0.717, 1.165) is 25.9 Å². The first-order valence-electron chi connectivity index (χ1n) is 10.5.